The molecular weight excluding hydrogens is 374 g/mol. The first-order valence-electron chi connectivity index (χ1n) is 9.19. The average molecular weight is 397 g/mol. The van der Waals surface area contributed by atoms with Crippen molar-refractivity contribution in [3.63, 3.8) is 0 Å². The van der Waals surface area contributed by atoms with Gasteiger partial charge in [0.25, 0.3) is 5.91 Å². The summed E-state index contributed by atoms with van der Waals surface area (Å²) in [6.45, 7) is 3.25. The Morgan fingerprint density at radius 2 is 1.90 bits per heavy atom. The number of imide groups is 1. The molecule has 152 valence electrons. The molecule has 0 saturated carbocycles. The van der Waals surface area contributed by atoms with E-state index in [2.05, 4.69) is 10.6 Å². The van der Waals surface area contributed by atoms with E-state index in [9.17, 15) is 19.5 Å². The van der Waals surface area contributed by atoms with Crippen LogP contribution in [-0.4, -0.2) is 41.5 Å². The first-order chi connectivity index (χ1) is 13.8. The fourth-order valence-electron chi connectivity index (χ4n) is 3.44. The standard InChI is InChI=1S/C21H23N3O5/c1-4-21(14-5-10-17(29-3)13(2)11-14)19(27)24(20(28)23-21)12-18(26)22-15-6-8-16(25)9-7-15/h5-11,25H,4,12H2,1-3H3,(H,22,26)(H,23,28). The molecule has 8 heteroatoms. The number of benzene rings is 2. The van der Waals surface area contributed by atoms with Crippen molar-refractivity contribution in [1.82, 2.24) is 10.2 Å². The lowest BCUT2D eigenvalue weighted by Gasteiger charge is -2.26. The number of methoxy groups -OCH3 is 1. The summed E-state index contributed by atoms with van der Waals surface area (Å²) in [6, 6.07) is 10.6. The van der Waals surface area contributed by atoms with Crippen LogP contribution in [0.1, 0.15) is 24.5 Å². The summed E-state index contributed by atoms with van der Waals surface area (Å²) >= 11 is 0. The van der Waals surface area contributed by atoms with E-state index in [0.29, 0.717) is 23.4 Å². The zero-order chi connectivity index (χ0) is 21.2. The van der Waals surface area contributed by atoms with Gasteiger partial charge in [-0.3, -0.25) is 14.5 Å². The zero-order valence-corrected chi connectivity index (χ0v) is 16.5. The fourth-order valence-corrected chi connectivity index (χ4v) is 3.44. The van der Waals surface area contributed by atoms with E-state index in [1.54, 1.807) is 32.2 Å². The minimum atomic E-state index is -1.23. The maximum Gasteiger partial charge on any atom is 0.325 e. The molecule has 3 rings (SSSR count). The lowest BCUT2D eigenvalue weighted by atomic mass is 9.86. The molecule has 1 aliphatic heterocycles. The Balaban J connectivity index is 1.81. The van der Waals surface area contributed by atoms with E-state index < -0.39 is 29.9 Å². The highest BCUT2D eigenvalue weighted by molar-refractivity contribution is 6.10. The number of phenolic OH excluding ortho intramolecular Hbond substituents is 1. The van der Waals surface area contributed by atoms with Crippen LogP contribution < -0.4 is 15.4 Å². The number of amides is 4. The second-order valence-electron chi connectivity index (χ2n) is 6.86. The van der Waals surface area contributed by atoms with Gasteiger partial charge in [0.15, 0.2) is 0 Å². The Bertz CT molecular complexity index is 957. The first-order valence-corrected chi connectivity index (χ1v) is 9.19. The van der Waals surface area contributed by atoms with E-state index in [0.717, 1.165) is 10.5 Å². The van der Waals surface area contributed by atoms with Crippen LogP contribution >= 0.6 is 0 Å². The van der Waals surface area contributed by atoms with Crippen molar-refractivity contribution >= 4 is 23.5 Å². The van der Waals surface area contributed by atoms with Crippen molar-refractivity contribution in [2.24, 2.45) is 0 Å². The van der Waals surface area contributed by atoms with Crippen LogP contribution in [0.15, 0.2) is 42.5 Å². The summed E-state index contributed by atoms with van der Waals surface area (Å²) in [5.41, 5.74) is 0.696. The largest absolute Gasteiger partial charge is 0.508 e. The van der Waals surface area contributed by atoms with Gasteiger partial charge in [0, 0.05) is 5.69 Å². The second kappa shape index (κ2) is 7.83. The van der Waals surface area contributed by atoms with Crippen molar-refractivity contribution < 1.29 is 24.2 Å². The molecule has 3 N–H and O–H groups in total. The highest BCUT2D eigenvalue weighted by Crippen LogP contribution is 2.34. The summed E-state index contributed by atoms with van der Waals surface area (Å²) < 4.78 is 5.26. The highest BCUT2D eigenvalue weighted by atomic mass is 16.5. The van der Waals surface area contributed by atoms with Gasteiger partial charge in [-0.2, -0.15) is 0 Å². The van der Waals surface area contributed by atoms with Crippen LogP contribution in [0, 0.1) is 6.92 Å². The van der Waals surface area contributed by atoms with Gasteiger partial charge in [0.05, 0.1) is 7.11 Å². The van der Waals surface area contributed by atoms with Crippen molar-refractivity contribution in [3.8, 4) is 11.5 Å². The Labute approximate surface area is 168 Å². The van der Waals surface area contributed by atoms with Gasteiger partial charge in [0.2, 0.25) is 5.91 Å². The van der Waals surface area contributed by atoms with Crippen LogP contribution in [-0.2, 0) is 15.1 Å². The van der Waals surface area contributed by atoms with Crippen molar-refractivity contribution in [3.05, 3.63) is 53.6 Å². The van der Waals surface area contributed by atoms with Crippen LogP contribution in [0.3, 0.4) is 0 Å². The van der Waals surface area contributed by atoms with Crippen LogP contribution in [0.4, 0.5) is 10.5 Å². The Morgan fingerprint density at radius 1 is 1.21 bits per heavy atom. The molecule has 8 nitrogen and oxygen atoms in total. The minimum absolute atomic E-state index is 0.0691. The molecule has 1 fully saturated rings. The maximum absolute atomic E-state index is 13.2. The van der Waals surface area contributed by atoms with Crippen LogP contribution in [0.5, 0.6) is 11.5 Å². The minimum Gasteiger partial charge on any atom is -0.508 e. The first kappa shape index (κ1) is 20.2. The van der Waals surface area contributed by atoms with E-state index >= 15 is 0 Å². The Morgan fingerprint density at radius 3 is 2.48 bits per heavy atom. The molecule has 0 radical (unpaired) electrons. The monoisotopic (exact) mass is 397 g/mol. The van der Waals surface area contributed by atoms with E-state index in [-0.39, 0.29) is 5.75 Å². The Kier molecular flexibility index (Phi) is 5.45. The van der Waals surface area contributed by atoms with E-state index in [1.807, 2.05) is 6.92 Å². The smallest absolute Gasteiger partial charge is 0.325 e. The molecule has 0 aliphatic carbocycles. The third-order valence-corrected chi connectivity index (χ3v) is 5.05. The molecule has 2 aromatic carbocycles. The molecule has 0 spiro atoms. The number of rotatable bonds is 6. The summed E-state index contributed by atoms with van der Waals surface area (Å²) in [5.74, 6) is -0.242. The van der Waals surface area contributed by atoms with Crippen molar-refractivity contribution in [2.75, 3.05) is 19.0 Å². The molecule has 2 aromatic rings. The third-order valence-electron chi connectivity index (χ3n) is 5.05. The highest BCUT2D eigenvalue weighted by Gasteiger charge is 2.51. The molecule has 0 aromatic heterocycles. The number of ether oxygens (including phenoxy) is 1. The molecule has 1 saturated heterocycles. The van der Waals surface area contributed by atoms with Crippen molar-refractivity contribution in [2.45, 2.75) is 25.8 Å². The van der Waals surface area contributed by atoms with Gasteiger partial charge in [-0.15, -0.1) is 0 Å². The number of carbonyl (C=O) groups is 3. The molecule has 29 heavy (non-hydrogen) atoms. The summed E-state index contributed by atoms with van der Waals surface area (Å²) in [6.07, 6.45) is 0.333. The SMILES string of the molecule is CCC1(c2ccc(OC)c(C)c2)NC(=O)N(CC(=O)Nc2ccc(O)cc2)C1=O. The van der Waals surface area contributed by atoms with E-state index in [1.165, 1.54) is 24.3 Å². The number of carbonyl (C=O) groups excluding carboxylic acids is 3. The van der Waals surface area contributed by atoms with Crippen LogP contribution in [0.2, 0.25) is 0 Å². The van der Waals surface area contributed by atoms with Gasteiger partial charge in [0.1, 0.15) is 23.6 Å². The fraction of sp³-hybridized carbons (Fsp3) is 0.286. The second-order valence-corrected chi connectivity index (χ2v) is 6.86. The van der Waals surface area contributed by atoms with E-state index in [4.69, 9.17) is 4.74 Å². The lowest BCUT2D eigenvalue weighted by Crippen LogP contribution is -2.44. The average Bonchev–Trinajstić information content (AvgIpc) is 2.94. The number of urea groups is 1. The van der Waals surface area contributed by atoms with Crippen LogP contribution in [0.25, 0.3) is 0 Å². The number of hydrogen-bond donors (Lipinski definition) is 3. The summed E-state index contributed by atoms with van der Waals surface area (Å²) in [4.78, 5) is 39.0. The topological polar surface area (TPSA) is 108 Å². The number of hydrogen-bond acceptors (Lipinski definition) is 5. The van der Waals surface area contributed by atoms with Gasteiger partial charge in [-0.1, -0.05) is 13.0 Å². The molecule has 1 unspecified atom stereocenters. The quantitative estimate of drug-likeness (QED) is 0.513. The predicted octanol–water partition coefficient (Wildman–Crippen LogP) is 2.51. The number of phenols is 1. The number of nitrogens with one attached hydrogen (secondary N) is 2. The molecule has 0 bridgehead atoms. The number of anilines is 1. The van der Waals surface area contributed by atoms with Crippen molar-refractivity contribution in [1.29, 1.82) is 0 Å². The number of aromatic hydroxyl groups is 1. The Hall–Kier alpha value is -3.55. The molecule has 1 atom stereocenters. The normalized spacial score (nSPS) is 18.5. The number of nitrogens with zero attached hydrogens (tertiary/aromatic N) is 1. The third kappa shape index (κ3) is 3.73. The summed E-state index contributed by atoms with van der Waals surface area (Å²) in [7, 11) is 1.56. The van der Waals surface area contributed by atoms with Gasteiger partial charge in [-0.05, 0) is 60.9 Å². The predicted molar refractivity (Wildman–Crippen MR) is 107 cm³/mol. The zero-order valence-electron chi connectivity index (χ0n) is 16.5. The van der Waals surface area contributed by atoms with Gasteiger partial charge >= 0.3 is 6.03 Å². The number of aryl methyl sites for hydroxylation is 1. The maximum atomic E-state index is 13.2. The lowest BCUT2D eigenvalue weighted by molar-refractivity contribution is -0.134. The molecule has 4 amide bonds. The molecule has 1 heterocycles. The summed E-state index contributed by atoms with van der Waals surface area (Å²) in [5, 5.41) is 14.7. The van der Waals surface area contributed by atoms with Gasteiger partial charge in [-0.25, -0.2) is 4.79 Å². The van der Waals surface area contributed by atoms with Gasteiger partial charge < -0.3 is 20.5 Å². The molecular formula is C21H23N3O5. The molecule has 1 aliphatic rings.